The van der Waals surface area contributed by atoms with Crippen LogP contribution in [-0.4, -0.2) is 70.6 Å². The zero-order chi connectivity index (χ0) is 18.8. The first kappa shape index (κ1) is 20.1. The summed E-state index contributed by atoms with van der Waals surface area (Å²) in [7, 11) is 0. The molecule has 2 aromatic heterocycles. The number of H-pyrrole nitrogens is 1. The molecule has 0 radical (unpaired) electrons. The molecule has 7 heteroatoms. The van der Waals surface area contributed by atoms with E-state index in [0.717, 1.165) is 45.1 Å². The molecule has 0 saturated carbocycles. The van der Waals surface area contributed by atoms with Crippen LogP contribution in [0.25, 0.3) is 10.9 Å². The Labute approximate surface area is 178 Å². The van der Waals surface area contributed by atoms with Gasteiger partial charge in [-0.25, -0.2) is 9.97 Å². The average Bonchev–Trinajstić information content (AvgIpc) is 3.13. The van der Waals surface area contributed by atoms with E-state index in [1.165, 1.54) is 48.2 Å². The first-order chi connectivity index (χ1) is 13.9. The highest BCUT2D eigenvalue weighted by atomic mass is 35.5. The van der Waals surface area contributed by atoms with Crippen molar-refractivity contribution in [1.29, 1.82) is 0 Å². The van der Waals surface area contributed by atoms with Crippen LogP contribution in [0.4, 0.5) is 5.95 Å². The molecule has 0 amide bonds. The number of nitrogens with zero attached hydrogens (tertiary/aromatic N) is 5. The standard InChI is InChI=1S/C22H28N6.ClH/c1-2-6-20-18(5-1)19-17-27(12-7-21(19)25-20)11-4-10-26-13-15-28(16-14-26)22-23-8-3-9-24-22;/h1-3,5-6,8-9,25H,4,7,10-17H2;1H. The third-order valence-electron chi connectivity index (χ3n) is 6.12. The molecule has 0 bridgehead atoms. The molecule has 0 spiro atoms. The van der Waals surface area contributed by atoms with Gasteiger partial charge in [-0.05, 0) is 37.2 Å². The van der Waals surface area contributed by atoms with Crippen LogP contribution in [0.5, 0.6) is 0 Å². The van der Waals surface area contributed by atoms with Gasteiger partial charge in [-0.2, -0.15) is 0 Å². The van der Waals surface area contributed by atoms with Crippen molar-refractivity contribution >= 4 is 29.3 Å². The van der Waals surface area contributed by atoms with Gasteiger partial charge < -0.3 is 9.88 Å². The number of benzene rings is 1. The molecule has 1 aromatic carbocycles. The van der Waals surface area contributed by atoms with Gasteiger partial charge in [0.25, 0.3) is 0 Å². The van der Waals surface area contributed by atoms with Crippen molar-refractivity contribution in [1.82, 2.24) is 24.8 Å². The van der Waals surface area contributed by atoms with Crippen LogP contribution < -0.4 is 4.90 Å². The van der Waals surface area contributed by atoms with Gasteiger partial charge in [-0.3, -0.25) is 9.80 Å². The maximum Gasteiger partial charge on any atom is 0.225 e. The number of hydrogen-bond acceptors (Lipinski definition) is 5. The second-order valence-corrected chi connectivity index (χ2v) is 7.88. The van der Waals surface area contributed by atoms with Crippen LogP contribution in [0.15, 0.2) is 42.7 Å². The van der Waals surface area contributed by atoms with Gasteiger partial charge in [-0.15, -0.1) is 12.4 Å². The molecule has 1 N–H and O–H groups in total. The molecule has 0 atom stereocenters. The Hall–Kier alpha value is -2.15. The lowest BCUT2D eigenvalue weighted by Crippen LogP contribution is -2.47. The number of nitrogens with one attached hydrogen (secondary N) is 1. The maximum atomic E-state index is 4.37. The summed E-state index contributed by atoms with van der Waals surface area (Å²) >= 11 is 0. The second kappa shape index (κ2) is 9.11. The van der Waals surface area contributed by atoms with Gasteiger partial charge in [0, 0.05) is 74.7 Å². The van der Waals surface area contributed by atoms with E-state index in [9.17, 15) is 0 Å². The molecule has 5 rings (SSSR count). The quantitative estimate of drug-likeness (QED) is 0.698. The fourth-order valence-corrected chi connectivity index (χ4v) is 4.56. The minimum Gasteiger partial charge on any atom is -0.358 e. The van der Waals surface area contributed by atoms with E-state index in [1.54, 1.807) is 0 Å². The Balaban J connectivity index is 0.00000205. The number of aromatic nitrogens is 3. The van der Waals surface area contributed by atoms with Crippen LogP contribution in [0.1, 0.15) is 17.7 Å². The summed E-state index contributed by atoms with van der Waals surface area (Å²) in [6.07, 6.45) is 6.03. The molecule has 1 fully saturated rings. The van der Waals surface area contributed by atoms with Crippen LogP contribution >= 0.6 is 12.4 Å². The molecule has 3 aromatic rings. The number of rotatable bonds is 5. The molecular weight excluding hydrogens is 384 g/mol. The van der Waals surface area contributed by atoms with E-state index < -0.39 is 0 Å². The van der Waals surface area contributed by atoms with Gasteiger partial charge in [0.05, 0.1) is 0 Å². The molecule has 1 saturated heterocycles. The third kappa shape index (κ3) is 4.39. The van der Waals surface area contributed by atoms with Crippen molar-refractivity contribution in [2.75, 3.05) is 50.7 Å². The molecule has 29 heavy (non-hydrogen) atoms. The zero-order valence-electron chi connectivity index (χ0n) is 16.8. The Morgan fingerprint density at radius 1 is 0.862 bits per heavy atom. The minimum atomic E-state index is 0. The zero-order valence-corrected chi connectivity index (χ0v) is 17.6. The minimum absolute atomic E-state index is 0. The summed E-state index contributed by atoms with van der Waals surface area (Å²) < 4.78 is 0. The highest BCUT2D eigenvalue weighted by Gasteiger charge is 2.21. The lowest BCUT2D eigenvalue weighted by Gasteiger charge is -2.35. The average molecular weight is 413 g/mol. The molecule has 0 aliphatic carbocycles. The van der Waals surface area contributed by atoms with E-state index in [-0.39, 0.29) is 12.4 Å². The number of hydrogen-bond donors (Lipinski definition) is 1. The molecule has 4 heterocycles. The number of fused-ring (bicyclic) bond motifs is 3. The van der Waals surface area contributed by atoms with Crippen molar-refractivity contribution in [2.45, 2.75) is 19.4 Å². The van der Waals surface area contributed by atoms with Crippen molar-refractivity contribution in [3.8, 4) is 0 Å². The van der Waals surface area contributed by atoms with E-state index >= 15 is 0 Å². The fourth-order valence-electron chi connectivity index (χ4n) is 4.56. The highest BCUT2D eigenvalue weighted by Crippen LogP contribution is 2.27. The topological polar surface area (TPSA) is 51.3 Å². The number of aromatic amines is 1. The lowest BCUT2D eigenvalue weighted by atomic mass is 10.0. The SMILES string of the molecule is Cl.c1cnc(N2CCN(CCCN3CCc4[nH]c5ccccc5c4C3)CC2)nc1. The number of para-hydroxylation sites is 1. The molecule has 0 unspecified atom stereocenters. The summed E-state index contributed by atoms with van der Waals surface area (Å²) in [6.45, 7) is 8.85. The van der Waals surface area contributed by atoms with E-state index in [2.05, 4.69) is 53.9 Å². The summed E-state index contributed by atoms with van der Waals surface area (Å²) in [5.41, 5.74) is 4.24. The van der Waals surface area contributed by atoms with Crippen molar-refractivity contribution in [3.63, 3.8) is 0 Å². The van der Waals surface area contributed by atoms with Gasteiger partial charge in [0.15, 0.2) is 0 Å². The van der Waals surface area contributed by atoms with Crippen LogP contribution in [0.2, 0.25) is 0 Å². The van der Waals surface area contributed by atoms with Crippen LogP contribution in [0, 0.1) is 0 Å². The summed E-state index contributed by atoms with van der Waals surface area (Å²) in [5.74, 6) is 0.866. The van der Waals surface area contributed by atoms with Gasteiger partial charge in [0.1, 0.15) is 0 Å². The first-order valence-electron chi connectivity index (χ1n) is 10.4. The van der Waals surface area contributed by atoms with Crippen molar-refractivity contribution in [2.24, 2.45) is 0 Å². The maximum absolute atomic E-state index is 4.37. The van der Waals surface area contributed by atoms with E-state index in [0.29, 0.717) is 0 Å². The smallest absolute Gasteiger partial charge is 0.225 e. The normalized spacial score (nSPS) is 17.9. The molecule has 6 nitrogen and oxygen atoms in total. The molecular formula is C22H29ClN6. The Morgan fingerprint density at radius 3 is 2.45 bits per heavy atom. The summed E-state index contributed by atoms with van der Waals surface area (Å²) in [5, 5.41) is 1.40. The summed E-state index contributed by atoms with van der Waals surface area (Å²) in [4.78, 5) is 19.9. The molecule has 2 aliphatic heterocycles. The Bertz CT molecular complexity index is 919. The number of anilines is 1. The Kier molecular flexibility index (Phi) is 6.33. The Morgan fingerprint density at radius 2 is 1.62 bits per heavy atom. The summed E-state index contributed by atoms with van der Waals surface area (Å²) in [6, 6.07) is 10.6. The predicted octanol–water partition coefficient (Wildman–Crippen LogP) is 2.95. The van der Waals surface area contributed by atoms with Crippen LogP contribution in [-0.2, 0) is 13.0 Å². The molecule has 2 aliphatic rings. The monoisotopic (exact) mass is 412 g/mol. The molecule has 154 valence electrons. The first-order valence-corrected chi connectivity index (χ1v) is 10.4. The van der Waals surface area contributed by atoms with Crippen LogP contribution in [0.3, 0.4) is 0 Å². The van der Waals surface area contributed by atoms with Gasteiger partial charge in [-0.1, -0.05) is 18.2 Å². The highest BCUT2D eigenvalue weighted by molar-refractivity contribution is 5.85. The van der Waals surface area contributed by atoms with Crippen molar-refractivity contribution in [3.05, 3.63) is 54.0 Å². The largest absolute Gasteiger partial charge is 0.358 e. The third-order valence-corrected chi connectivity index (χ3v) is 6.12. The lowest BCUT2D eigenvalue weighted by molar-refractivity contribution is 0.209. The van der Waals surface area contributed by atoms with Gasteiger partial charge in [0.2, 0.25) is 5.95 Å². The predicted molar refractivity (Wildman–Crippen MR) is 120 cm³/mol. The number of piperazine rings is 1. The fraction of sp³-hybridized carbons (Fsp3) is 0.455. The van der Waals surface area contributed by atoms with Crippen molar-refractivity contribution < 1.29 is 0 Å². The second-order valence-electron chi connectivity index (χ2n) is 7.88. The van der Waals surface area contributed by atoms with E-state index in [4.69, 9.17) is 0 Å². The van der Waals surface area contributed by atoms with Gasteiger partial charge >= 0.3 is 0 Å². The van der Waals surface area contributed by atoms with E-state index in [1.807, 2.05) is 18.5 Å². The number of halogens is 1.